The molecule has 0 unspecified atom stereocenters. The molecule has 1 N–H and O–H groups in total. The summed E-state index contributed by atoms with van der Waals surface area (Å²) in [6, 6.07) is 19.7. The van der Waals surface area contributed by atoms with Gasteiger partial charge in [0.05, 0.1) is 10.0 Å². The fourth-order valence-electron chi connectivity index (χ4n) is 3.39. The molecule has 182 valence electrons. The van der Waals surface area contributed by atoms with Crippen molar-refractivity contribution < 1.29 is 26.3 Å². The molecule has 4 nitrogen and oxygen atoms in total. The van der Waals surface area contributed by atoms with Crippen LogP contribution in [0.2, 0.25) is 15.1 Å². The van der Waals surface area contributed by atoms with Crippen molar-refractivity contribution in [3.8, 4) is 16.9 Å². The van der Waals surface area contributed by atoms with Crippen molar-refractivity contribution in [2.75, 3.05) is 4.72 Å². The predicted molar refractivity (Wildman–Crippen MR) is 134 cm³/mol. The number of sulfonamides is 1. The largest absolute Gasteiger partial charge is 0.516 e. The maximum atomic E-state index is 12.7. The predicted octanol–water partition coefficient (Wildman–Crippen LogP) is 8.31. The van der Waals surface area contributed by atoms with Gasteiger partial charge in [-0.2, -0.15) is 21.6 Å². The fourth-order valence-corrected chi connectivity index (χ4v) is 4.50. The molecule has 0 atom stereocenters. The molecular weight excluding hydrogens is 546 g/mol. The van der Waals surface area contributed by atoms with E-state index in [0.717, 1.165) is 16.7 Å². The van der Waals surface area contributed by atoms with Crippen LogP contribution in [0.15, 0.2) is 72.8 Å². The van der Waals surface area contributed by atoms with Crippen molar-refractivity contribution in [2.45, 2.75) is 12.1 Å². The highest BCUT2D eigenvalue weighted by molar-refractivity contribution is 7.93. The third-order valence-corrected chi connectivity index (χ3v) is 7.07. The molecule has 0 heterocycles. The molecular formula is C24H15Cl3F3NO3S. The maximum Gasteiger partial charge on any atom is 0.516 e. The Kier molecular flexibility index (Phi) is 7.11. The zero-order valence-corrected chi connectivity index (χ0v) is 20.6. The first-order chi connectivity index (χ1) is 16.4. The molecule has 4 aromatic rings. The molecule has 35 heavy (non-hydrogen) atoms. The summed E-state index contributed by atoms with van der Waals surface area (Å²) >= 11 is 18.4. The topological polar surface area (TPSA) is 55.4 Å². The SMILES string of the molecule is O=S(=O)(Nc1ccc2c(OCc3cc(Cl)cc(-c4ccc(Cl)c(Cl)c4)c3)cccc2c1)C(F)(F)F. The van der Waals surface area contributed by atoms with Crippen LogP contribution in [0.1, 0.15) is 5.56 Å². The van der Waals surface area contributed by atoms with Crippen molar-refractivity contribution in [3.63, 3.8) is 0 Å². The summed E-state index contributed by atoms with van der Waals surface area (Å²) in [4.78, 5) is 0. The summed E-state index contributed by atoms with van der Waals surface area (Å²) in [5.74, 6) is 0.462. The van der Waals surface area contributed by atoms with Gasteiger partial charge in [-0.3, -0.25) is 4.72 Å². The molecule has 0 spiro atoms. The number of alkyl halides is 3. The van der Waals surface area contributed by atoms with Gasteiger partial charge in [0.15, 0.2) is 0 Å². The Hall–Kier alpha value is -2.65. The molecule has 11 heteroatoms. The Morgan fingerprint density at radius 1 is 0.829 bits per heavy atom. The van der Waals surface area contributed by atoms with Crippen LogP contribution in [0.3, 0.4) is 0 Å². The van der Waals surface area contributed by atoms with Gasteiger partial charge in [-0.05, 0) is 76.7 Å². The van der Waals surface area contributed by atoms with E-state index in [9.17, 15) is 21.6 Å². The first-order valence-corrected chi connectivity index (χ1v) is 12.5. The second-order valence-electron chi connectivity index (χ2n) is 7.51. The second-order valence-corrected chi connectivity index (χ2v) is 10.4. The lowest BCUT2D eigenvalue weighted by atomic mass is 10.0. The van der Waals surface area contributed by atoms with Gasteiger partial charge in [0, 0.05) is 16.1 Å². The van der Waals surface area contributed by atoms with E-state index in [-0.39, 0.29) is 12.3 Å². The number of halogens is 6. The molecule has 0 aromatic heterocycles. The zero-order valence-electron chi connectivity index (χ0n) is 17.5. The van der Waals surface area contributed by atoms with E-state index in [1.54, 1.807) is 42.5 Å². The van der Waals surface area contributed by atoms with Gasteiger partial charge in [0.25, 0.3) is 0 Å². The minimum absolute atomic E-state index is 0.149. The lowest BCUT2D eigenvalue weighted by Crippen LogP contribution is -2.29. The number of hydrogen-bond donors (Lipinski definition) is 1. The summed E-state index contributed by atoms with van der Waals surface area (Å²) in [6.07, 6.45) is 0. The molecule has 0 aliphatic rings. The maximum absolute atomic E-state index is 12.7. The van der Waals surface area contributed by atoms with Gasteiger partial charge in [0.1, 0.15) is 12.4 Å². The average Bonchev–Trinajstić information content (AvgIpc) is 2.78. The van der Waals surface area contributed by atoms with Crippen LogP contribution < -0.4 is 9.46 Å². The van der Waals surface area contributed by atoms with Gasteiger partial charge >= 0.3 is 15.5 Å². The smallest absolute Gasteiger partial charge is 0.488 e. The number of fused-ring (bicyclic) bond motifs is 1. The molecule has 4 rings (SSSR count). The van der Waals surface area contributed by atoms with Crippen LogP contribution in [0.4, 0.5) is 18.9 Å². The van der Waals surface area contributed by atoms with Crippen LogP contribution in [-0.2, 0) is 16.6 Å². The fraction of sp³-hybridized carbons (Fsp3) is 0.0833. The molecule has 0 aliphatic carbocycles. The van der Waals surface area contributed by atoms with E-state index in [2.05, 4.69) is 0 Å². The Balaban J connectivity index is 1.58. The molecule has 0 fully saturated rings. The van der Waals surface area contributed by atoms with Gasteiger partial charge < -0.3 is 4.74 Å². The Labute approximate surface area is 214 Å². The lowest BCUT2D eigenvalue weighted by Gasteiger charge is -2.13. The normalized spacial score (nSPS) is 12.1. The van der Waals surface area contributed by atoms with Gasteiger partial charge in [-0.15, -0.1) is 0 Å². The highest BCUT2D eigenvalue weighted by Crippen LogP contribution is 2.33. The minimum Gasteiger partial charge on any atom is -0.488 e. The molecule has 0 saturated heterocycles. The van der Waals surface area contributed by atoms with Crippen LogP contribution >= 0.6 is 34.8 Å². The third kappa shape index (κ3) is 5.78. The number of anilines is 1. The first kappa shape index (κ1) is 25.4. The monoisotopic (exact) mass is 559 g/mol. The zero-order chi connectivity index (χ0) is 25.4. The van der Waals surface area contributed by atoms with Crippen molar-refractivity contribution in [1.82, 2.24) is 0 Å². The van der Waals surface area contributed by atoms with Crippen molar-refractivity contribution in [1.29, 1.82) is 0 Å². The Morgan fingerprint density at radius 2 is 1.60 bits per heavy atom. The third-order valence-electron chi connectivity index (χ3n) is 5.00. The summed E-state index contributed by atoms with van der Waals surface area (Å²) in [5.41, 5.74) is -3.23. The average molecular weight is 561 g/mol. The molecule has 0 amide bonds. The molecule has 0 radical (unpaired) electrons. The van der Waals surface area contributed by atoms with Crippen LogP contribution in [0.5, 0.6) is 5.75 Å². The number of nitrogens with one attached hydrogen (secondary N) is 1. The highest BCUT2D eigenvalue weighted by Gasteiger charge is 2.46. The molecule has 0 saturated carbocycles. The van der Waals surface area contributed by atoms with Gasteiger partial charge in [0.2, 0.25) is 0 Å². The number of rotatable bonds is 6. The number of ether oxygens (including phenoxy) is 1. The Bertz CT molecular complexity index is 1530. The van der Waals surface area contributed by atoms with E-state index >= 15 is 0 Å². The van der Waals surface area contributed by atoms with E-state index in [1.807, 2.05) is 12.1 Å². The number of benzene rings is 4. The van der Waals surface area contributed by atoms with Crippen molar-refractivity contribution in [3.05, 3.63) is 93.4 Å². The van der Waals surface area contributed by atoms with E-state index in [0.29, 0.717) is 31.6 Å². The lowest BCUT2D eigenvalue weighted by molar-refractivity contribution is -0.0429. The quantitative estimate of drug-likeness (QED) is 0.258. The van der Waals surface area contributed by atoms with E-state index in [1.165, 1.54) is 22.9 Å². The Morgan fingerprint density at radius 3 is 2.31 bits per heavy atom. The van der Waals surface area contributed by atoms with E-state index in [4.69, 9.17) is 39.5 Å². The van der Waals surface area contributed by atoms with Gasteiger partial charge in [-0.1, -0.05) is 53.0 Å². The first-order valence-electron chi connectivity index (χ1n) is 9.92. The van der Waals surface area contributed by atoms with Gasteiger partial charge in [-0.25, -0.2) is 0 Å². The standard InChI is InChI=1S/C24H15Cl3F3NO3S/c25-18-9-14(8-17(10-18)15-4-7-21(26)22(27)12-15)13-34-23-3-1-2-16-11-19(5-6-20(16)23)31-35(32,33)24(28,29)30/h1-12,31H,13H2. The van der Waals surface area contributed by atoms with Crippen molar-refractivity contribution in [2.24, 2.45) is 0 Å². The number of hydrogen-bond acceptors (Lipinski definition) is 3. The summed E-state index contributed by atoms with van der Waals surface area (Å²) in [5, 5.41) is 2.43. The van der Waals surface area contributed by atoms with Crippen LogP contribution in [0.25, 0.3) is 21.9 Å². The molecule has 0 aliphatic heterocycles. The van der Waals surface area contributed by atoms with Crippen LogP contribution in [-0.4, -0.2) is 13.9 Å². The summed E-state index contributed by atoms with van der Waals surface area (Å²) in [7, 11) is -5.52. The van der Waals surface area contributed by atoms with Crippen molar-refractivity contribution >= 4 is 61.3 Å². The molecule has 0 bridgehead atoms. The van der Waals surface area contributed by atoms with E-state index < -0.39 is 15.5 Å². The minimum atomic E-state index is -5.52. The summed E-state index contributed by atoms with van der Waals surface area (Å²) in [6.45, 7) is 0.149. The van der Waals surface area contributed by atoms with Crippen LogP contribution in [0, 0.1) is 0 Å². The highest BCUT2D eigenvalue weighted by atomic mass is 35.5. The second kappa shape index (κ2) is 9.78. The molecule has 4 aromatic carbocycles. The summed E-state index contributed by atoms with van der Waals surface area (Å²) < 4.78 is 68.3.